The van der Waals surface area contributed by atoms with Crippen molar-refractivity contribution in [2.24, 2.45) is 0 Å². The number of aromatic amines is 1. The van der Waals surface area contributed by atoms with Crippen LogP contribution in [0.5, 0.6) is 0 Å². The van der Waals surface area contributed by atoms with Crippen molar-refractivity contribution in [2.75, 3.05) is 13.2 Å². The van der Waals surface area contributed by atoms with Gasteiger partial charge < -0.3 is 14.5 Å². The van der Waals surface area contributed by atoms with Crippen LogP contribution in [0.25, 0.3) is 22.5 Å². The Labute approximate surface area is 177 Å². The summed E-state index contributed by atoms with van der Waals surface area (Å²) in [6.45, 7) is 3.59. The largest absolute Gasteiger partial charge is 0.465 e. The Morgan fingerprint density at radius 1 is 1.00 bits per heavy atom. The first-order valence-corrected chi connectivity index (χ1v) is 10.2. The third-order valence-corrected chi connectivity index (χ3v) is 5.04. The molecule has 7 nitrogen and oxygen atoms in total. The number of aromatic nitrogens is 3. The van der Waals surface area contributed by atoms with Crippen LogP contribution >= 0.6 is 11.8 Å². The molecule has 30 heavy (non-hydrogen) atoms. The van der Waals surface area contributed by atoms with Crippen LogP contribution < -0.4 is 0 Å². The molecule has 0 unspecified atom stereocenters. The number of benzene rings is 1. The predicted molar refractivity (Wildman–Crippen MR) is 110 cm³/mol. The molecule has 0 aliphatic carbocycles. The van der Waals surface area contributed by atoms with Gasteiger partial charge in [0.05, 0.1) is 24.6 Å². The van der Waals surface area contributed by atoms with Crippen LogP contribution in [-0.4, -0.2) is 45.4 Å². The van der Waals surface area contributed by atoms with Crippen molar-refractivity contribution in [1.29, 1.82) is 0 Å². The van der Waals surface area contributed by atoms with Crippen molar-refractivity contribution in [3.05, 3.63) is 54.6 Å². The number of halogens is 1. The number of carbonyl (C=O) groups is 2. The second-order valence-electron chi connectivity index (χ2n) is 6.01. The molecule has 0 aliphatic heterocycles. The molecule has 0 aliphatic rings. The molecule has 9 heteroatoms. The summed E-state index contributed by atoms with van der Waals surface area (Å²) in [4.78, 5) is 36.3. The number of carbonyl (C=O) groups excluding carboxylic acids is 2. The fraction of sp³-hybridized carbons (Fsp3) is 0.238. The lowest BCUT2D eigenvalue weighted by molar-refractivity contribution is -0.152. The Morgan fingerprint density at radius 3 is 2.17 bits per heavy atom. The van der Waals surface area contributed by atoms with E-state index in [1.165, 1.54) is 12.1 Å². The maximum absolute atomic E-state index is 13.4. The average molecular weight is 429 g/mol. The summed E-state index contributed by atoms with van der Waals surface area (Å²) < 4.78 is 23.4. The molecule has 3 aromatic rings. The lowest BCUT2D eigenvalue weighted by atomic mass is 10.1. The van der Waals surface area contributed by atoms with Crippen LogP contribution in [-0.2, 0) is 19.1 Å². The number of ether oxygens (including phenoxy) is 2. The van der Waals surface area contributed by atoms with E-state index in [9.17, 15) is 14.0 Å². The van der Waals surface area contributed by atoms with Gasteiger partial charge in [-0.05, 0) is 50.2 Å². The Hall–Kier alpha value is -3.20. The fourth-order valence-electron chi connectivity index (χ4n) is 2.69. The summed E-state index contributed by atoms with van der Waals surface area (Å²) in [6.07, 6.45) is 3.27. The van der Waals surface area contributed by atoms with Gasteiger partial charge in [0.1, 0.15) is 5.82 Å². The third-order valence-electron chi connectivity index (χ3n) is 4.00. The summed E-state index contributed by atoms with van der Waals surface area (Å²) in [5, 5.41) is -0.894. The zero-order valence-electron chi connectivity index (χ0n) is 16.4. The fourth-order valence-corrected chi connectivity index (χ4v) is 3.55. The quantitative estimate of drug-likeness (QED) is 0.330. The molecule has 0 saturated heterocycles. The third kappa shape index (κ3) is 5.04. The first-order chi connectivity index (χ1) is 14.5. The SMILES string of the molecule is CCOC(=O)C(Sc1nc(-c2ccc(F)cc2)c(-c2ccncc2)[nH]1)C(=O)OCC. The van der Waals surface area contributed by atoms with E-state index in [4.69, 9.17) is 9.47 Å². The van der Waals surface area contributed by atoms with Gasteiger partial charge in [0.2, 0.25) is 5.25 Å². The van der Waals surface area contributed by atoms with Crippen LogP contribution in [0.1, 0.15) is 13.8 Å². The number of nitrogens with one attached hydrogen (secondary N) is 1. The van der Waals surface area contributed by atoms with E-state index in [0.717, 1.165) is 17.3 Å². The molecule has 156 valence electrons. The molecular weight excluding hydrogens is 409 g/mol. The number of hydrogen-bond donors (Lipinski definition) is 1. The average Bonchev–Trinajstić information content (AvgIpc) is 3.17. The molecule has 0 bridgehead atoms. The molecule has 0 saturated carbocycles. The van der Waals surface area contributed by atoms with Crippen molar-refractivity contribution in [1.82, 2.24) is 15.0 Å². The zero-order chi connectivity index (χ0) is 21.5. The van der Waals surface area contributed by atoms with E-state index in [0.29, 0.717) is 22.1 Å². The molecule has 0 radical (unpaired) electrons. The summed E-state index contributed by atoms with van der Waals surface area (Å²) in [5.41, 5.74) is 2.68. The Bertz CT molecular complexity index is 991. The highest BCUT2D eigenvalue weighted by Gasteiger charge is 2.32. The summed E-state index contributed by atoms with van der Waals surface area (Å²) in [6, 6.07) is 9.49. The Balaban J connectivity index is 2.01. The molecule has 0 atom stereocenters. The van der Waals surface area contributed by atoms with Gasteiger partial charge in [-0.25, -0.2) is 9.37 Å². The number of imidazole rings is 1. The number of pyridine rings is 1. The summed E-state index contributed by atoms with van der Waals surface area (Å²) in [7, 11) is 0. The van der Waals surface area contributed by atoms with Gasteiger partial charge in [-0.15, -0.1) is 0 Å². The number of H-pyrrole nitrogens is 1. The number of rotatable bonds is 8. The molecular formula is C21H20FN3O4S. The number of hydrogen-bond acceptors (Lipinski definition) is 7. The van der Waals surface area contributed by atoms with Gasteiger partial charge in [0.15, 0.2) is 5.16 Å². The van der Waals surface area contributed by atoms with Gasteiger partial charge in [-0.2, -0.15) is 0 Å². The molecule has 2 heterocycles. The second kappa shape index (κ2) is 10.0. The maximum atomic E-state index is 13.4. The van der Waals surface area contributed by atoms with Gasteiger partial charge in [-0.1, -0.05) is 11.8 Å². The maximum Gasteiger partial charge on any atom is 0.331 e. The number of nitrogens with zero attached hydrogens (tertiary/aromatic N) is 2. The number of esters is 2. The van der Waals surface area contributed by atoms with Crippen molar-refractivity contribution in [2.45, 2.75) is 24.3 Å². The van der Waals surface area contributed by atoms with Crippen LogP contribution in [0.3, 0.4) is 0 Å². The topological polar surface area (TPSA) is 94.2 Å². The second-order valence-corrected chi connectivity index (χ2v) is 7.10. The summed E-state index contributed by atoms with van der Waals surface area (Å²) >= 11 is 0.907. The minimum absolute atomic E-state index is 0.135. The Kier molecular flexibility index (Phi) is 7.18. The lowest BCUT2D eigenvalue weighted by Gasteiger charge is -2.12. The van der Waals surface area contributed by atoms with Crippen LogP contribution in [0.4, 0.5) is 4.39 Å². The van der Waals surface area contributed by atoms with E-state index in [2.05, 4.69) is 15.0 Å². The van der Waals surface area contributed by atoms with Crippen LogP contribution in [0.15, 0.2) is 53.9 Å². The molecule has 0 spiro atoms. The monoisotopic (exact) mass is 429 g/mol. The van der Waals surface area contributed by atoms with Gasteiger partial charge in [0.25, 0.3) is 0 Å². The summed E-state index contributed by atoms with van der Waals surface area (Å²) in [5.74, 6) is -1.77. The zero-order valence-corrected chi connectivity index (χ0v) is 17.2. The highest BCUT2D eigenvalue weighted by molar-refractivity contribution is 8.01. The molecule has 2 aromatic heterocycles. The normalized spacial score (nSPS) is 10.8. The van der Waals surface area contributed by atoms with Crippen molar-refractivity contribution >= 4 is 23.7 Å². The lowest BCUT2D eigenvalue weighted by Crippen LogP contribution is -2.31. The van der Waals surface area contributed by atoms with E-state index in [-0.39, 0.29) is 19.0 Å². The van der Waals surface area contributed by atoms with Gasteiger partial charge >= 0.3 is 11.9 Å². The molecule has 0 amide bonds. The predicted octanol–water partition coefficient (Wildman–Crippen LogP) is 3.86. The van der Waals surface area contributed by atoms with Gasteiger partial charge in [0, 0.05) is 23.5 Å². The van der Waals surface area contributed by atoms with Crippen molar-refractivity contribution in [3.63, 3.8) is 0 Å². The Morgan fingerprint density at radius 2 is 1.60 bits per heavy atom. The van der Waals surface area contributed by atoms with Crippen LogP contribution in [0.2, 0.25) is 0 Å². The first-order valence-electron chi connectivity index (χ1n) is 9.29. The highest BCUT2D eigenvalue weighted by Crippen LogP contribution is 2.34. The van der Waals surface area contributed by atoms with E-state index >= 15 is 0 Å². The number of thioether (sulfide) groups is 1. The van der Waals surface area contributed by atoms with Crippen molar-refractivity contribution < 1.29 is 23.5 Å². The first kappa shape index (κ1) is 21.5. The molecule has 0 fully saturated rings. The molecule has 3 rings (SSSR count). The van der Waals surface area contributed by atoms with Crippen molar-refractivity contribution in [3.8, 4) is 22.5 Å². The standard InChI is InChI=1S/C21H20FN3O4S/c1-3-28-19(26)18(20(27)29-4-2)30-21-24-16(13-5-7-15(22)8-6-13)17(25-21)14-9-11-23-12-10-14/h5-12,18H,3-4H2,1-2H3,(H,24,25). The molecule has 1 N–H and O–H groups in total. The smallest absolute Gasteiger partial charge is 0.331 e. The molecule has 1 aromatic carbocycles. The van der Waals surface area contributed by atoms with Crippen LogP contribution in [0, 0.1) is 5.82 Å². The van der Waals surface area contributed by atoms with E-state index in [1.807, 2.05) is 0 Å². The highest BCUT2D eigenvalue weighted by atomic mass is 32.2. The minimum atomic E-state index is -1.22. The minimum Gasteiger partial charge on any atom is -0.465 e. The van der Waals surface area contributed by atoms with E-state index in [1.54, 1.807) is 50.5 Å². The van der Waals surface area contributed by atoms with E-state index < -0.39 is 17.2 Å². The van der Waals surface area contributed by atoms with Gasteiger partial charge in [-0.3, -0.25) is 14.6 Å².